The number of anilines is 2. The average Bonchev–Trinajstić information content (AvgIpc) is 2.76. The molecule has 30 heavy (non-hydrogen) atoms. The molecule has 0 atom stereocenters. The fourth-order valence-corrected chi connectivity index (χ4v) is 4.50. The Hall–Kier alpha value is -2.74. The zero-order chi connectivity index (χ0) is 21.7. The minimum atomic E-state index is -4.03. The van der Waals surface area contributed by atoms with Crippen molar-refractivity contribution < 1.29 is 17.9 Å². The van der Waals surface area contributed by atoms with Crippen LogP contribution in [-0.2, 0) is 14.8 Å². The van der Waals surface area contributed by atoms with Crippen LogP contribution in [0.25, 0.3) is 0 Å². The van der Waals surface area contributed by atoms with Crippen molar-refractivity contribution >= 4 is 50.5 Å². The van der Waals surface area contributed by atoms with Crippen LogP contribution < -0.4 is 14.4 Å². The number of nitrogens with one attached hydrogen (secondary N) is 1. The van der Waals surface area contributed by atoms with E-state index in [9.17, 15) is 13.2 Å². The molecular weight excluding hydrogens is 447 g/mol. The van der Waals surface area contributed by atoms with E-state index in [1.165, 1.54) is 19.2 Å². The molecule has 9 heteroatoms. The molecule has 1 amide bonds. The van der Waals surface area contributed by atoms with E-state index in [2.05, 4.69) is 5.32 Å². The van der Waals surface area contributed by atoms with Crippen molar-refractivity contribution in [1.82, 2.24) is 0 Å². The Balaban J connectivity index is 1.97. The molecule has 3 aromatic carbocycles. The number of carbonyl (C=O) groups is 1. The number of ether oxygens (including phenoxy) is 1. The highest BCUT2D eigenvalue weighted by atomic mass is 35.5. The van der Waals surface area contributed by atoms with Gasteiger partial charge in [-0.3, -0.25) is 9.10 Å². The lowest BCUT2D eigenvalue weighted by Crippen LogP contribution is -2.38. The maximum absolute atomic E-state index is 13.3. The van der Waals surface area contributed by atoms with Crippen molar-refractivity contribution in [2.24, 2.45) is 0 Å². The molecule has 0 aliphatic rings. The minimum absolute atomic E-state index is 0.0569. The third kappa shape index (κ3) is 4.87. The molecule has 156 valence electrons. The molecule has 1 N–H and O–H groups in total. The number of hydrogen-bond donors (Lipinski definition) is 1. The van der Waals surface area contributed by atoms with Crippen molar-refractivity contribution in [2.45, 2.75) is 4.90 Å². The van der Waals surface area contributed by atoms with Crippen LogP contribution in [0.1, 0.15) is 0 Å². The highest BCUT2D eigenvalue weighted by Crippen LogP contribution is 2.30. The van der Waals surface area contributed by atoms with E-state index >= 15 is 0 Å². The summed E-state index contributed by atoms with van der Waals surface area (Å²) in [6.07, 6.45) is 0. The topological polar surface area (TPSA) is 75.7 Å². The highest BCUT2D eigenvalue weighted by molar-refractivity contribution is 7.92. The predicted molar refractivity (Wildman–Crippen MR) is 119 cm³/mol. The molecule has 3 rings (SSSR count). The van der Waals surface area contributed by atoms with Crippen molar-refractivity contribution in [2.75, 3.05) is 23.3 Å². The van der Waals surface area contributed by atoms with E-state index < -0.39 is 22.5 Å². The quantitative estimate of drug-likeness (QED) is 0.542. The summed E-state index contributed by atoms with van der Waals surface area (Å²) in [7, 11) is -2.55. The van der Waals surface area contributed by atoms with Gasteiger partial charge in [0, 0.05) is 6.07 Å². The summed E-state index contributed by atoms with van der Waals surface area (Å²) in [5.74, 6) is -0.124. The zero-order valence-corrected chi connectivity index (χ0v) is 18.2. The third-order valence-electron chi connectivity index (χ3n) is 4.19. The SMILES string of the molecule is COc1cccc(N(CC(=O)Nc2cccc(Cl)c2Cl)S(=O)(=O)c2ccccc2)c1. The van der Waals surface area contributed by atoms with Crippen molar-refractivity contribution in [3.05, 3.63) is 82.8 Å². The van der Waals surface area contributed by atoms with E-state index in [0.717, 1.165) is 4.31 Å². The number of methoxy groups -OCH3 is 1. The lowest BCUT2D eigenvalue weighted by Gasteiger charge is -2.24. The Kier molecular flexibility index (Phi) is 6.87. The summed E-state index contributed by atoms with van der Waals surface area (Å²) in [5.41, 5.74) is 0.572. The van der Waals surface area contributed by atoms with Gasteiger partial charge in [0.2, 0.25) is 5.91 Å². The summed E-state index contributed by atoms with van der Waals surface area (Å²) in [6, 6.07) is 19.1. The lowest BCUT2D eigenvalue weighted by atomic mass is 10.3. The van der Waals surface area contributed by atoms with Crippen molar-refractivity contribution in [3.63, 3.8) is 0 Å². The van der Waals surface area contributed by atoms with E-state index in [1.807, 2.05) is 0 Å². The molecular formula is C21H18Cl2N2O4S. The Labute approximate surface area is 185 Å². The number of rotatable bonds is 7. The predicted octanol–water partition coefficient (Wildman–Crippen LogP) is 4.84. The van der Waals surface area contributed by atoms with Crippen LogP contribution >= 0.6 is 23.2 Å². The molecule has 0 spiro atoms. The van der Waals surface area contributed by atoms with E-state index in [-0.39, 0.29) is 26.3 Å². The maximum atomic E-state index is 13.3. The first kappa shape index (κ1) is 22.0. The van der Waals surface area contributed by atoms with Gasteiger partial charge in [0.15, 0.2) is 0 Å². The van der Waals surface area contributed by atoms with Gasteiger partial charge in [-0.25, -0.2) is 8.42 Å². The first-order valence-corrected chi connectivity index (χ1v) is 11.0. The van der Waals surface area contributed by atoms with Crippen molar-refractivity contribution in [1.29, 1.82) is 0 Å². The second-order valence-electron chi connectivity index (χ2n) is 6.18. The highest BCUT2D eigenvalue weighted by Gasteiger charge is 2.27. The first-order chi connectivity index (χ1) is 14.3. The monoisotopic (exact) mass is 464 g/mol. The average molecular weight is 465 g/mol. The molecule has 0 bridgehead atoms. The zero-order valence-electron chi connectivity index (χ0n) is 15.9. The Bertz CT molecular complexity index is 1150. The third-order valence-corrected chi connectivity index (χ3v) is 6.79. The van der Waals surface area contributed by atoms with Gasteiger partial charge in [-0.1, -0.05) is 53.5 Å². The number of halogens is 2. The van der Waals surface area contributed by atoms with Crippen LogP contribution in [0.2, 0.25) is 10.0 Å². The fraction of sp³-hybridized carbons (Fsp3) is 0.0952. The second kappa shape index (κ2) is 9.38. The number of hydrogen-bond acceptors (Lipinski definition) is 4. The molecule has 0 aliphatic carbocycles. The van der Waals surface area contributed by atoms with Crippen LogP contribution in [-0.4, -0.2) is 28.0 Å². The van der Waals surface area contributed by atoms with Crippen LogP contribution in [0.3, 0.4) is 0 Å². The van der Waals surface area contributed by atoms with E-state index in [0.29, 0.717) is 5.75 Å². The van der Waals surface area contributed by atoms with Crippen molar-refractivity contribution in [3.8, 4) is 5.75 Å². The summed E-state index contributed by atoms with van der Waals surface area (Å²) < 4.78 is 32.8. The lowest BCUT2D eigenvalue weighted by molar-refractivity contribution is -0.114. The molecule has 0 saturated heterocycles. The summed E-state index contributed by atoms with van der Waals surface area (Å²) in [5, 5.41) is 3.06. The van der Waals surface area contributed by atoms with Gasteiger partial charge in [-0.15, -0.1) is 0 Å². The van der Waals surface area contributed by atoms with Gasteiger partial charge < -0.3 is 10.1 Å². The molecule has 0 fully saturated rings. The minimum Gasteiger partial charge on any atom is -0.497 e. The number of amides is 1. The first-order valence-electron chi connectivity index (χ1n) is 8.78. The number of carbonyl (C=O) groups excluding carboxylic acids is 1. The molecule has 0 saturated carbocycles. The standard InChI is InChI=1S/C21H18Cl2N2O4S/c1-29-16-8-5-7-15(13-16)25(30(27,28)17-9-3-2-4-10-17)14-20(26)24-19-12-6-11-18(22)21(19)23/h2-13H,14H2,1H3,(H,24,26). The van der Waals surface area contributed by atoms with E-state index in [4.69, 9.17) is 27.9 Å². The molecule has 0 radical (unpaired) electrons. The van der Waals surface area contributed by atoms with Crippen LogP contribution in [0.4, 0.5) is 11.4 Å². The van der Waals surface area contributed by atoms with Gasteiger partial charge >= 0.3 is 0 Å². The molecule has 0 aliphatic heterocycles. The van der Waals surface area contributed by atoms with Crippen LogP contribution in [0, 0.1) is 0 Å². The number of benzene rings is 3. The Morgan fingerprint density at radius 2 is 1.70 bits per heavy atom. The number of nitrogens with zero attached hydrogens (tertiary/aromatic N) is 1. The van der Waals surface area contributed by atoms with Gasteiger partial charge in [-0.2, -0.15) is 0 Å². The maximum Gasteiger partial charge on any atom is 0.264 e. The smallest absolute Gasteiger partial charge is 0.264 e. The molecule has 0 unspecified atom stereocenters. The molecule has 6 nitrogen and oxygen atoms in total. The number of sulfonamides is 1. The largest absolute Gasteiger partial charge is 0.497 e. The normalized spacial score (nSPS) is 11.0. The van der Waals surface area contributed by atoms with E-state index in [1.54, 1.807) is 60.7 Å². The molecule has 0 aromatic heterocycles. The summed E-state index contributed by atoms with van der Waals surface area (Å²) >= 11 is 12.1. The second-order valence-corrected chi connectivity index (χ2v) is 8.82. The van der Waals surface area contributed by atoms with Crippen LogP contribution in [0.15, 0.2) is 77.7 Å². The van der Waals surface area contributed by atoms with Gasteiger partial charge in [0.25, 0.3) is 10.0 Å². The van der Waals surface area contributed by atoms with Gasteiger partial charge in [0.05, 0.1) is 33.4 Å². The van der Waals surface area contributed by atoms with Crippen LogP contribution in [0.5, 0.6) is 5.75 Å². The summed E-state index contributed by atoms with van der Waals surface area (Å²) in [4.78, 5) is 12.8. The van der Waals surface area contributed by atoms with Gasteiger partial charge in [0.1, 0.15) is 12.3 Å². The fourth-order valence-electron chi connectivity index (χ4n) is 2.72. The van der Waals surface area contributed by atoms with Gasteiger partial charge in [-0.05, 0) is 36.4 Å². The Morgan fingerprint density at radius 3 is 2.40 bits per heavy atom. The summed E-state index contributed by atoms with van der Waals surface area (Å²) in [6.45, 7) is -0.479. The Morgan fingerprint density at radius 1 is 1.00 bits per heavy atom. The molecule has 0 heterocycles. The molecule has 3 aromatic rings.